The third kappa shape index (κ3) is 3.31. The van der Waals surface area contributed by atoms with Gasteiger partial charge >= 0.3 is 5.97 Å². The summed E-state index contributed by atoms with van der Waals surface area (Å²) in [4.78, 5) is 35.4. The van der Waals surface area contributed by atoms with E-state index in [4.69, 9.17) is 5.11 Å². The van der Waals surface area contributed by atoms with Crippen LogP contribution in [0.15, 0.2) is 30.3 Å². The van der Waals surface area contributed by atoms with Crippen LogP contribution in [0.3, 0.4) is 0 Å². The van der Waals surface area contributed by atoms with Gasteiger partial charge in [-0.25, -0.2) is 0 Å². The molecule has 0 aromatic heterocycles. The predicted octanol–water partition coefficient (Wildman–Crippen LogP) is 0.558. The molecule has 0 aliphatic carbocycles. The molecule has 1 aliphatic heterocycles. The summed E-state index contributed by atoms with van der Waals surface area (Å²) in [7, 11) is 0. The lowest BCUT2D eigenvalue weighted by molar-refractivity contribution is -0.141. The van der Waals surface area contributed by atoms with Crippen molar-refractivity contribution in [3.63, 3.8) is 0 Å². The second-order valence-electron chi connectivity index (χ2n) is 4.43. The molecule has 6 heteroatoms. The normalized spacial score (nSPS) is 18.4. The Morgan fingerprint density at radius 1 is 1.32 bits per heavy atom. The van der Waals surface area contributed by atoms with Crippen LogP contribution in [-0.4, -0.2) is 40.9 Å². The van der Waals surface area contributed by atoms with E-state index in [0.29, 0.717) is 5.69 Å². The summed E-state index contributed by atoms with van der Waals surface area (Å²) in [6.07, 6.45) is -0.0338. The molecule has 0 radical (unpaired) electrons. The summed E-state index contributed by atoms with van der Waals surface area (Å²) >= 11 is 0. The molecule has 2 amide bonds. The number of hydrogen-bond acceptors (Lipinski definition) is 3. The van der Waals surface area contributed by atoms with Crippen LogP contribution >= 0.6 is 0 Å². The van der Waals surface area contributed by atoms with Crippen LogP contribution in [0.2, 0.25) is 0 Å². The Balaban J connectivity index is 1.89. The van der Waals surface area contributed by atoms with Gasteiger partial charge in [-0.05, 0) is 12.1 Å². The molecule has 1 heterocycles. The maximum atomic E-state index is 11.7. The maximum Gasteiger partial charge on any atom is 0.308 e. The maximum absolute atomic E-state index is 11.7. The molecule has 1 aliphatic rings. The van der Waals surface area contributed by atoms with Gasteiger partial charge in [-0.15, -0.1) is 0 Å². The second kappa shape index (κ2) is 5.51. The summed E-state index contributed by atoms with van der Waals surface area (Å²) in [5.74, 6) is -2.34. The van der Waals surface area contributed by atoms with Gasteiger partial charge in [0.2, 0.25) is 11.8 Å². The third-order valence-electron chi connectivity index (χ3n) is 2.96. The van der Waals surface area contributed by atoms with Crippen LogP contribution in [0.25, 0.3) is 0 Å². The molecular formula is C13H14N2O4. The number of aliphatic carboxylic acids is 1. The molecule has 0 saturated carbocycles. The van der Waals surface area contributed by atoms with Crippen LogP contribution in [-0.2, 0) is 14.4 Å². The van der Waals surface area contributed by atoms with Gasteiger partial charge in [0.1, 0.15) is 0 Å². The number of carbonyl (C=O) groups is 3. The van der Waals surface area contributed by atoms with Gasteiger partial charge in [-0.1, -0.05) is 18.2 Å². The van der Waals surface area contributed by atoms with Crippen LogP contribution in [0.1, 0.15) is 6.42 Å². The molecule has 0 spiro atoms. The molecule has 100 valence electrons. The minimum Gasteiger partial charge on any atom is -0.481 e. The average Bonchev–Trinajstić information content (AvgIpc) is 2.72. The summed E-state index contributed by atoms with van der Waals surface area (Å²) in [6, 6.07) is 8.89. The van der Waals surface area contributed by atoms with E-state index in [-0.39, 0.29) is 31.3 Å². The van der Waals surface area contributed by atoms with E-state index in [2.05, 4.69) is 5.32 Å². The first kappa shape index (κ1) is 13.1. The van der Waals surface area contributed by atoms with Crippen molar-refractivity contribution in [2.75, 3.05) is 18.4 Å². The zero-order valence-electron chi connectivity index (χ0n) is 10.2. The van der Waals surface area contributed by atoms with Crippen molar-refractivity contribution in [3.8, 4) is 0 Å². The van der Waals surface area contributed by atoms with Crippen molar-refractivity contribution >= 4 is 23.5 Å². The molecule has 0 bridgehead atoms. The van der Waals surface area contributed by atoms with Gasteiger partial charge in [-0.2, -0.15) is 0 Å². The highest BCUT2D eigenvalue weighted by Crippen LogP contribution is 2.17. The zero-order chi connectivity index (χ0) is 13.8. The van der Waals surface area contributed by atoms with Gasteiger partial charge in [-0.3, -0.25) is 14.4 Å². The third-order valence-corrected chi connectivity index (χ3v) is 2.96. The van der Waals surface area contributed by atoms with E-state index >= 15 is 0 Å². The Morgan fingerprint density at radius 3 is 2.58 bits per heavy atom. The fraction of sp³-hybridized carbons (Fsp3) is 0.308. The zero-order valence-corrected chi connectivity index (χ0v) is 10.2. The number of amides is 2. The number of benzene rings is 1. The molecule has 1 aromatic rings. The van der Waals surface area contributed by atoms with E-state index in [0.717, 1.165) is 0 Å². The number of nitrogens with one attached hydrogen (secondary N) is 1. The number of rotatable bonds is 4. The van der Waals surface area contributed by atoms with Crippen LogP contribution in [0.5, 0.6) is 0 Å². The lowest BCUT2D eigenvalue weighted by atomic mass is 10.1. The average molecular weight is 262 g/mol. The number of carbonyl (C=O) groups excluding carboxylic acids is 2. The molecule has 1 unspecified atom stereocenters. The van der Waals surface area contributed by atoms with Crippen LogP contribution < -0.4 is 5.32 Å². The quantitative estimate of drug-likeness (QED) is 0.830. The van der Waals surface area contributed by atoms with Gasteiger partial charge in [0.25, 0.3) is 0 Å². The Kier molecular flexibility index (Phi) is 3.79. The molecule has 6 nitrogen and oxygen atoms in total. The van der Waals surface area contributed by atoms with Gasteiger partial charge in [0.05, 0.1) is 12.5 Å². The van der Waals surface area contributed by atoms with Gasteiger partial charge < -0.3 is 15.3 Å². The fourth-order valence-corrected chi connectivity index (χ4v) is 1.99. The number of nitrogens with zero attached hydrogens (tertiary/aromatic N) is 1. The molecular weight excluding hydrogens is 248 g/mol. The Bertz CT molecular complexity index is 501. The Labute approximate surface area is 110 Å². The largest absolute Gasteiger partial charge is 0.481 e. The van der Waals surface area contributed by atoms with E-state index in [1.54, 1.807) is 24.3 Å². The number of hydrogen-bond donors (Lipinski definition) is 2. The molecule has 1 saturated heterocycles. The molecule has 1 aromatic carbocycles. The smallest absolute Gasteiger partial charge is 0.308 e. The molecule has 1 fully saturated rings. The van der Waals surface area contributed by atoms with Gasteiger partial charge in [0, 0.05) is 18.7 Å². The van der Waals surface area contributed by atoms with E-state index < -0.39 is 11.9 Å². The summed E-state index contributed by atoms with van der Waals surface area (Å²) in [5.41, 5.74) is 0.647. The predicted molar refractivity (Wildman–Crippen MR) is 67.4 cm³/mol. The van der Waals surface area contributed by atoms with Crippen LogP contribution in [0, 0.1) is 5.92 Å². The minimum atomic E-state index is -1.00. The minimum absolute atomic E-state index is 0.0338. The second-order valence-corrected chi connectivity index (χ2v) is 4.43. The molecule has 1 atom stereocenters. The van der Waals surface area contributed by atoms with Crippen molar-refractivity contribution in [2.24, 2.45) is 5.92 Å². The first-order chi connectivity index (χ1) is 9.06. The highest BCUT2D eigenvalue weighted by atomic mass is 16.4. The Morgan fingerprint density at radius 2 is 2.00 bits per heavy atom. The number of likely N-dealkylation sites (tertiary alicyclic amines) is 1. The van der Waals surface area contributed by atoms with Crippen molar-refractivity contribution in [1.29, 1.82) is 0 Å². The number of para-hydroxylation sites is 1. The van der Waals surface area contributed by atoms with E-state index in [9.17, 15) is 14.4 Å². The molecule has 2 N–H and O–H groups in total. The first-order valence-corrected chi connectivity index (χ1v) is 5.92. The van der Waals surface area contributed by atoms with Crippen molar-refractivity contribution in [1.82, 2.24) is 4.90 Å². The summed E-state index contributed by atoms with van der Waals surface area (Å²) in [5, 5.41) is 11.5. The van der Waals surface area contributed by atoms with Gasteiger partial charge in [0.15, 0.2) is 0 Å². The van der Waals surface area contributed by atoms with Crippen molar-refractivity contribution < 1.29 is 19.5 Å². The van der Waals surface area contributed by atoms with E-state index in [1.807, 2.05) is 6.07 Å². The standard InChI is InChI=1S/C13H14N2O4/c16-11(14-10-4-2-1-3-5-10)8-15-7-9(13(18)19)6-12(15)17/h1-5,9H,6-8H2,(H,14,16)(H,18,19). The molecule has 19 heavy (non-hydrogen) atoms. The van der Waals surface area contributed by atoms with E-state index in [1.165, 1.54) is 4.90 Å². The highest BCUT2D eigenvalue weighted by molar-refractivity contribution is 5.95. The number of anilines is 1. The topological polar surface area (TPSA) is 86.7 Å². The monoisotopic (exact) mass is 262 g/mol. The summed E-state index contributed by atoms with van der Waals surface area (Å²) in [6.45, 7) is -0.0200. The molecule has 2 rings (SSSR count). The van der Waals surface area contributed by atoms with Crippen LogP contribution in [0.4, 0.5) is 5.69 Å². The highest BCUT2D eigenvalue weighted by Gasteiger charge is 2.34. The number of carboxylic acids is 1. The lowest BCUT2D eigenvalue weighted by Crippen LogP contribution is -2.34. The summed E-state index contributed by atoms with van der Waals surface area (Å²) < 4.78 is 0. The lowest BCUT2D eigenvalue weighted by Gasteiger charge is -2.15. The first-order valence-electron chi connectivity index (χ1n) is 5.92. The van der Waals surface area contributed by atoms with Crippen molar-refractivity contribution in [3.05, 3.63) is 30.3 Å². The number of carboxylic acid groups (broad SMARTS) is 1. The Hall–Kier alpha value is -2.37. The van der Waals surface area contributed by atoms with Crippen molar-refractivity contribution in [2.45, 2.75) is 6.42 Å². The fourth-order valence-electron chi connectivity index (χ4n) is 1.99. The SMILES string of the molecule is O=C(CN1CC(C(=O)O)CC1=O)Nc1ccccc1.